The minimum absolute atomic E-state index is 0.369. The topological polar surface area (TPSA) is 39.2 Å². The third-order valence-corrected chi connectivity index (χ3v) is 3.73. The van der Waals surface area contributed by atoms with Crippen LogP contribution in [0.3, 0.4) is 0 Å². The normalized spacial score (nSPS) is 10.8. The van der Waals surface area contributed by atoms with Crippen molar-refractivity contribution in [1.82, 2.24) is 4.98 Å². The lowest BCUT2D eigenvalue weighted by molar-refractivity contribution is 0.0737. The molecule has 0 atom stereocenters. The second-order valence-electron chi connectivity index (χ2n) is 5.26. The number of pyridine rings is 1. The van der Waals surface area contributed by atoms with E-state index in [9.17, 15) is 4.79 Å². The van der Waals surface area contributed by atoms with Gasteiger partial charge in [0.2, 0.25) is 0 Å². The van der Waals surface area contributed by atoms with Gasteiger partial charge in [-0.1, -0.05) is 42.5 Å². The van der Waals surface area contributed by atoms with E-state index in [1.165, 1.54) is 0 Å². The highest BCUT2D eigenvalue weighted by Crippen LogP contribution is 2.28. The SMILES string of the molecule is O=C(Oc1cccc2nc3ccccc3cc12)c1ccccc1. The number of aromatic nitrogens is 1. The summed E-state index contributed by atoms with van der Waals surface area (Å²) in [5, 5.41) is 1.85. The van der Waals surface area contributed by atoms with Crippen LogP contribution in [0.4, 0.5) is 0 Å². The average molecular weight is 299 g/mol. The number of para-hydroxylation sites is 1. The number of ether oxygens (including phenoxy) is 1. The van der Waals surface area contributed by atoms with Gasteiger partial charge >= 0.3 is 5.97 Å². The van der Waals surface area contributed by atoms with Crippen LogP contribution in [-0.4, -0.2) is 11.0 Å². The van der Waals surface area contributed by atoms with Gasteiger partial charge in [0.05, 0.1) is 16.6 Å². The Morgan fingerprint density at radius 2 is 1.52 bits per heavy atom. The number of fused-ring (bicyclic) bond motifs is 2. The van der Waals surface area contributed by atoms with Crippen LogP contribution >= 0.6 is 0 Å². The fourth-order valence-corrected chi connectivity index (χ4v) is 2.59. The highest BCUT2D eigenvalue weighted by Gasteiger charge is 2.11. The van der Waals surface area contributed by atoms with Gasteiger partial charge in [0.15, 0.2) is 0 Å². The summed E-state index contributed by atoms with van der Waals surface area (Å²) in [5.74, 6) is 0.154. The van der Waals surface area contributed by atoms with Gasteiger partial charge in [-0.25, -0.2) is 9.78 Å². The van der Waals surface area contributed by atoms with Gasteiger partial charge in [0, 0.05) is 10.8 Å². The molecule has 0 aliphatic rings. The highest BCUT2D eigenvalue weighted by atomic mass is 16.5. The predicted molar refractivity (Wildman–Crippen MR) is 90.6 cm³/mol. The lowest BCUT2D eigenvalue weighted by Crippen LogP contribution is -2.08. The standard InChI is InChI=1S/C20H13NO2/c22-20(14-7-2-1-3-8-14)23-19-12-6-11-18-16(19)13-15-9-4-5-10-17(15)21-18/h1-13H. The maximum atomic E-state index is 12.3. The summed E-state index contributed by atoms with van der Waals surface area (Å²) >= 11 is 0. The van der Waals surface area contributed by atoms with Crippen LogP contribution < -0.4 is 4.74 Å². The molecule has 4 aromatic rings. The Labute approximate surface area is 133 Å². The smallest absolute Gasteiger partial charge is 0.343 e. The first-order chi connectivity index (χ1) is 11.3. The molecule has 0 saturated carbocycles. The van der Waals surface area contributed by atoms with Gasteiger partial charge in [-0.3, -0.25) is 0 Å². The van der Waals surface area contributed by atoms with Crippen LogP contribution in [0.15, 0.2) is 78.9 Å². The molecule has 0 N–H and O–H groups in total. The molecule has 3 nitrogen and oxygen atoms in total. The van der Waals surface area contributed by atoms with Crippen LogP contribution in [0.2, 0.25) is 0 Å². The molecular formula is C20H13NO2. The van der Waals surface area contributed by atoms with Gasteiger partial charge in [-0.15, -0.1) is 0 Å². The van der Waals surface area contributed by atoms with Crippen molar-refractivity contribution in [2.75, 3.05) is 0 Å². The molecule has 0 spiro atoms. The molecule has 1 heterocycles. The number of nitrogens with zero attached hydrogens (tertiary/aromatic N) is 1. The first-order valence-electron chi connectivity index (χ1n) is 7.37. The van der Waals surface area contributed by atoms with Crippen molar-refractivity contribution in [2.45, 2.75) is 0 Å². The van der Waals surface area contributed by atoms with E-state index < -0.39 is 0 Å². The quantitative estimate of drug-likeness (QED) is 0.308. The van der Waals surface area contributed by atoms with E-state index in [0.717, 1.165) is 21.8 Å². The molecule has 4 rings (SSSR count). The van der Waals surface area contributed by atoms with Crippen LogP contribution in [0.25, 0.3) is 21.8 Å². The van der Waals surface area contributed by atoms with E-state index in [1.54, 1.807) is 18.2 Å². The molecule has 0 saturated heterocycles. The van der Waals surface area contributed by atoms with Crippen molar-refractivity contribution in [1.29, 1.82) is 0 Å². The molecule has 0 amide bonds. The zero-order valence-electron chi connectivity index (χ0n) is 12.3. The maximum Gasteiger partial charge on any atom is 0.343 e. The fraction of sp³-hybridized carbons (Fsp3) is 0. The van der Waals surface area contributed by atoms with Crippen molar-refractivity contribution in [2.24, 2.45) is 0 Å². The largest absolute Gasteiger partial charge is 0.422 e. The maximum absolute atomic E-state index is 12.3. The number of rotatable bonds is 2. The number of benzene rings is 3. The van der Waals surface area contributed by atoms with Crippen LogP contribution in [0.1, 0.15) is 10.4 Å². The number of hydrogen-bond acceptors (Lipinski definition) is 3. The summed E-state index contributed by atoms with van der Waals surface area (Å²) in [5.41, 5.74) is 2.26. The van der Waals surface area contributed by atoms with E-state index in [2.05, 4.69) is 4.98 Å². The second kappa shape index (κ2) is 5.54. The molecule has 0 fully saturated rings. The highest BCUT2D eigenvalue weighted by molar-refractivity contribution is 5.98. The van der Waals surface area contributed by atoms with Crippen LogP contribution in [0.5, 0.6) is 5.75 Å². The lowest BCUT2D eigenvalue weighted by atomic mass is 10.1. The predicted octanol–water partition coefficient (Wildman–Crippen LogP) is 4.61. The number of esters is 1. The summed E-state index contributed by atoms with van der Waals surface area (Å²) in [7, 11) is 0. The molecule has 110 valence electrons. The summed E-state index contributed by atoms with van der Waals surface area (Å²) in [6.45, 7) is 0. The Morgan fingerprint density at radius 3 is 2.39 bits per heavy atom. The Morgan fingerprint density at radius 1 is 0.783 bits per heavy atom. The van der Waals surface area contributed by atoms with Crippen molar-refractivity contribution < 1.29 is 9.53 Å². The Bertz CT molecular complexity index is 1010. The molecule has 3 heteroatoms. The fourth-order valence-electron chi connectivity index (χ4n) is 2.59. The Balaban J connectivity index is 1.80. The van der Waals surface area contributed by atoms with Gasteiger partial charge in [-0.05, 0) is 36.4 Å². The van der Waals surface area contributed by atoms with E-state index in [4.69, 9.17) is 4.74 Å². The monoisotopic (exact) mass is 299 g/mol. The molecule has 1 aromatic heterocycles. The summed E-state index contributed by atoms with van der Waals surface area (Å²) in [4.78, 5) is 16.9. The first-order valence-corrected chi connectivity index (χ1v) is 7.37. The molecule has 0 aliphatic carbocycles. The van der Waals surface area contributed by atoms with Crippen LogP contribution in [0, 0.1) is 0 Å². The molecule has 0 aliphatic heterocycles. The number of carbonyl (C=O) groups excluding carboxylic acids is 1. The van der Waals surface area contributed by atoms with Gasteiger partial charge in [0.1, 0.15) is 5.75 Å². The number of hydrogen-bond donors (Lipinski definition) is 0. The summed E-state index contributed by atoms with van der Waals surface area (Å²) in [6.07, 6.45) is 0. The zero-order chi connectivity index (χ0) is 15.6. The first kappa shape index (κ1) is 13.5. The minimum atomic E-state index is -0.369. The lowest BCUT2D eigenvalue weighted by Gasteiger charge is -2.08. The van der Waals surface area contributed by atoms with Crippen molar-refractivity contribution in [3.8, 4) is 5.75 Å². The van der Waals surface area contributed by atoms with Gasteiger partial charge in [-0.2, -0.15) is 0 Å². The third kappa shape index (κ3) is 2.53. The molecular weight excluding hydrogens is 286 g/mol. The summed E-state index contributed by atoms with van der Waals surface area (Å²) < 4.78 is 5.58. The average Bonchev–Trinajstić information content (AvgIpc) is 2.61. The van der Waals surface area contributed by atoms with E-state index in [0.29, 0.717) is 11.3 Å². The molecule has 3 aromatic carbocycles. The zero-order valence-corrected chi connectivity index (χ0v) is 12.3. The number of carbonyl (C=O) groups is 1. The molecule has 0 unspecified atom stereocenters. The Hall–Kier alpha value is -3.20. The van der Waals surface area contributed by atoms with Gasteiger partial charge < -0.3 is 4.74 Å². The molecule has 0 bridgehead atoms. The third-order valence-electron chi connectivity index (χ3n) is 3.73. The van der Waals surface area contributed by atoms with Crippen LogP contribution in [-0.2, 0) is 0 Å². The van der Waals surface area contributed by atoms with E-state index >= 15 is 0 Å². The van der Waals surface area contributed by atoms with Crippen molar-refractivity contribution in [3.05, 3.63) is 84.4 Å². The Kier molecular flexibility index (Phi) is 3.24. The summed E-state index contributed by atoms with van der Waals surface area (Å²) in [6, 6.07) is 24.4. The molecule has 23 heavy (non-hydrogen) atoms. The van der Waals surface area contributed by atoms with Gasteiger partial charge in [0.25, 0.3) is 0 Å². The molecule has 0 radical (unpaired) electrons. The second-order valence-corrected chi connectivity index (χ2v) is 5.26. The minimum Gasteiger partial charge on any atom is -0.422 e. The van der Waals surface area contributed by atoms with Crippen molar-refractivity contribution >= 4 is 27.8 Å². The van der Waals surface area contributed by atoms with E-state index in [1.807, 2.05) is 60.7 Å². The van der Waals surface area contributed by atoms with E-state index in [-0.39, 0.29) is 5.97 Å². The van der Waals surface area contributed by atoms with Crippen molar-refractivity contribution in [3.63, 3.8) is 0 Å².